The maximum Gasteiger partial charge on any atom is 0.176 e. The van der Waals surface area contributed by atoms with E-state index < -0.39 is 5.82 Å². The maximum atomic E-state index is 13.3. The number of alkyl halides is 1. The van der Waals surface area contributed by atoms with Crippen LogP contribution in [0.5, 0.6) is 0 Å². The number of Topliss-reactive ketones (excluding diaryl/α,β-unsaturated/α-hetero) is 1. The molecule has 0 aliphatic heterocycles. The first-order valence-electron chi connectivity index (χ1n) is 3.89. The van der Waals surface area contributed by atoms with Crippen molar-refractivity contribution in [2.24, 2.45) is 0 Å². The summed E-state index contributed by atoms with van der Waals surface area (Å²) in [5.74, 6) is -0.949. The molecule has 0 saturated carbocycles. The van der Waals surface area contributed by atoms with Gasteiger partial charge in [0.1, 0.15) is 5.82 Å². The van der Waals surface area contributed by atoms with Gasteiger partial charge in [0.05, 0.1) is 22.5 Å². The van der Waals surface area contributed by atoms with Gasteiger partial charge in [0.25, 0.3) is 0 Å². The molecule has 1 aromatic rings. The summed E-state index contributed by atoms with van der Waals surface area (Å²) < 4.78 is 13.3. The molecular formula is C10H7BrFNO. The Hall–Kier alpha value is -1.21. The standard InChI is InChI=1S/C10H7BrFNO/c1-6-2-7(5-13)3-8(12)10(6)9(14)4-11/h2-3H,4H2,1H3. The number of halogens is 2. The predicted molar refractivity (Wildman–Crippen MR) is 54.0 cm³/mol. The summed E-state index contributed by atoms with van der Waals surface area (Å²) in [5, 5.41) is 8.64. The molecule has 0 amide bonds. The molecule has 0 saturated heterocycles. The van der Waals surface area contributed by atoms with Crippen LogP contribution in [-0.4, -0.2) is 11.1 Å². The third-order valence-corrected chi connectivity index (χ3v) is 2.33. The Balaban J connectivity index is 3.34. The van der Waals surface area contributed by atoms with Crippen LogP contribution in [0, 0.1) is 24.1 Å². The van der Waals surface area contributed by atoms with E-state index in [4.69, 9.17) is 5.26 Å². The van der Waals surface area contributed by atoms with Crippen molar-refractivity contribution in [2.45, 2.75) is 6.92 Å². The number of benzene rings is 1. The molecule has 1 rings (SSSR count). The highest BCUT2D eigenvalue weighted by Crippen LogP contribution is 2.16. The van der Waals surface area contributed by atoms with Crippen LogP contribution in [0.1, 0.15) is 21.5 Å². The van der Waals surface area contributed by atoms with Gasteiger partial charge >= 0.3 is 0 Å². The molecule has 0 radical (unpaired) electrons. The zero-order valence-corrected chi connectivity index (χ0v) is 9.06. The van der Waals surface area contributed by atoms with E-state index in [0.29, 0.717) is 5.56 Å². The number of carbonyl (C=O) groups is 1. The van der Waals surface area contributed by atoms with E-state index >= 15 is 0 Å². The van der Waals surface area contributed by atoms with Crippen molar-refractivity contribution in [3.8, 4) is 6.07 Å². The Labute approximate surface area is 89.5 Å². The highest BCUT2D eigenvalue weighted by atomic mass is 79.9. The Bertz CT molecular complexity index is 400. The number of carbonyl (C=O) groups excluding carboxylic acids is 1. The first-order valence-corrected chi connectivity index (χ1v) is 5.01. The van der Waals surface area contributed by atoms with Crippen molar-refractivity contribution in [2.75, 3.05) is 5.33 Å². The zero-order chi connectivity index (χ0) is 10.7. The highest BCUT2D eigenvalue weighted by Gasteiger charge is 2.14. The van der Waals surface area contributed by atoms with E-state index in [1.54, 1.807) is 6.92 Å². The number of aryl methyl sites for hydroxylation is 1. The fourth-order valence-electron chi connectivity index (χ4n) is 1.23. The van der Waals surface area contributed by atoms with E-state index in [9.17, 15) is 9.18 Å². The molecule has 0 N–H and O–H groups in total. The Morgan fingerprint density at radius 2 is 2.29 bits per heavy atom. The minimum atomic E-state index is -0.633. The molecule has 0 atom stereocenters. The lowest BCUT2D eigenvalue weighted by Crippen LogP contribution is -2.06. The summed E-state index contributed by atoms with van der Waals surface area (Å²) in [6.45, 7) is 1.61. The quantitative estimate of drug-likeness (QED) is 0.602. The molecular weight excluding hydrogens is 249 g/mol. The third-order valence-electron chi connectivity index (χ3n) is 1.82. The minimum absolute atomic E-state index is 0.0564. The van der Waals surface area contributed by atoms with Gasteiger partial charge in [0.2, 0.25) is 0 Å². The fourth-order valence-corrected chi connectivity index (χ4v) is 1.51. The van der Waals surface area contributed by atoms with Crippen LogP contribution in [0.25, 0.3) is 0 Å². The average Bonchev–Trinajstić information content (AvgIpc) is 2.16. The minimum Gasteiger partial charge on any atom is -0.293 e. The summed E-state index contributed by atoms with van der Waals surface area (Å²) in [4.78, 5) is 11.3. The van der Waals surface area contributed by atoms with Crippen molar-refractivity contribution in [3.63, 3.8) is 0 Å². The van der Waals surface area contributed by atoms with Crippen molar-refractivity contribution >= 4 is 21.7 Å². The zero-order valence-electron chi connectivity index (χ0n) is 7.47. The Morgan fingerprint density at radius 3 is 2.71 bits per heavy atom. The molecule has 0 bridgehead atoms. The molecule has 0 unspecified atom stereocenters. The van der Waals surface area contributed by atoms with Gasteiger partial charge in [-0.15, -0.1) is 0 Å². The molecule has 72 valence electrons. The first kappa shape index (κ1) is 10.9. The molecule has 2 nitrogen and oxygen atoms in total. The van der Waals surface area contributed by atoms with Gasteiger partial charge in [0, 0.05) is 0 Å². The predicted octanol–water partition coefficient (Wildman–Crippen LogP) is 2.58. The second kappa shape index (κ2) is 4.34. The van der Waals surface area contributed by atoms with Crippen LogP contribution in [0.2, 0.25) is 0 Å². The molecule has 14 heavy (non-hydrogen) atoms. The number of hydrogen-bond acceptors (Lipinski definition) is 2. The van der Waals surface area contributed by atoms with E-state index in [1.807, 2.05) is 6.07 Å². The number of rotatable bonds is 2. The lowest BCUT2D eigenvalue weighted by Gasteiger charge is -2.04. The van der Waals surface area contributed by atoms with E-state index in [2.05, 4.69) is 15.9 Å². The van der Waals surface area contributed by atoms with Crippen molar-refractivity contribution in [3.05, 3.63) is 34.6 Å². The van der Waals surface area contributed by atoms with Gasteiger partial charge in [-0.3, -0.25) is 4.79 Å². The second-order valence-electron chi connectivity index (χ2n) is 2.82. The summed E-state index contributed by atoms with van der Waals surface area (Å²) in [7, 11) is 0. The average molecular weight is 256 g/mol. The van der Waals surface area contributed by atoms with E-state index in [0.717, 1.165) is 6.07 Å². The topological polar surface area (TPSA) is 40.9 Å². The van der Waals surface area contributed by atoms with Gasteiger partial charge in [0.15, 0.2) is 5.78 Å². The fraction of sp³-hybridized carbons (Fsp3) is 0.200. The van der Waals surface area contributed by atoms with Gasteiger partial charge in [-0.1, -0.05) is 15.9 Å². The van der Waals surface area contributed by atoms with Gasteiger partial charge in [-0.2, -0.15) is 5.26 Å². The molecule has 0 spiro atoms. The highest BCUT2D eigenvalue weighted by molar-refractivity contribution is 9.09. The van der Waals surface area contributed by atoms with E-state index in [1.165, 1.54) is 6.07 Å². The maximum absolute atomic E-state index is 13.3. The van der Waals surface area contributed by atoms with Crippen LogP contribution in [0.4, 0.5) is 4.39 Å². The van der Waals surface area contributed by atoms with Crippen molar-refractivity contribution in [1.82, 2.24) is 0 Å². The van der Waals surface area contributed by atoms with Gasteiger partial charge in [-0.25, -0.2) is 4.39 Å². The monoisotopic (exact) mass is 255 g/mol. The lowest BCUT2D eigenvalue weighted by molar-refractivity contribution is 0.101. The van der Waals surface area contributed by atoms with Crippen LogP contribution < -0.4 is 0 Å². The molecule has 0 heterocycles. The van der Waals surface area contributed by atoms with Crippen molar-refractivity contribution < 1.29 is 9.18 Å². The summed E-state index contributed by atoms with van der Waals surface area (Å²) in [6.07, 6.45) is 0. The Kier molecular flexibility index (Phi) is 3.37. The number of ketones is 1. The normalized spacial score (nSPS) is 9.57. The lowest BCUT2D eigenvalue weighted by atomic mass is 10.0. The van der Waals surface area contributed by atoms with Crippen molar-refractivity contribution in [1.29, 1.82) is 5.26 Å². The van der Waals surface area contributed by atoms with Crippen LogP contribution in [0.3, 0.4) is 0 Å². The molecule has 4 heteroatoms. The summed E-state index contributed by atoms with van der Waals surface area (Å²) >= 11 is 2.97. The third kappa shape index (κ3) is 1.99. The Morgan fingerprint density at radius 1 is 1.64 bits per heavy atom. The number of hydrogen-bond donors (Lipinski definition) is 0. The van der Waals surface area contributed by atoms with Gasteiger partial charge < -0.3 is 0 Å². The van der Waals surface area contributed by atoms with Crippen LogP contribution in [-0.2, 0) is 0 Å². The summed E-state index contributed by atoms with van der Waals surface area (Å²) in [5.41, 5.74) is 0.776. The smallest absolute Gasteiger partial charge is 0.176 e. The largest absolute Gasteiger partial charge is 0.293 e. The summed E-state index contributed by atoms with van der Waals surface area (Å²) in [6, 6.07) is 4.40. The van der Waals surface area contributed by atoms with E-state index in [-0.39, 0.29) is 22.2 Å². The molecule has 0 aliphatic rings. The molecule has 1 aromatic carbocycles. The SMILES string of the molecule is Cc1cc(C#N)cc(F)c1C(=O)CBr. The van der Waals surface area contributed by atoms with Crippen LogP contribution in [0.15, 0.2) is 12.1 Å². The number of nitriles is 1. The molecule has 0 aromatic heterocycles. The van der Waals surface area contributed by atoms with Gasteiger partial charge in [-0.05, 0) is 24.6 Å². The molecule has 0 fully saturated rings. The molecule has 0 aliphatic carbocycles. The second-order valence-corrected chi connectivity index (χ2v) is 3.38. The first-order chi connectivity index (χ1) is 6.60. The van der Waals surface area contributed by atoms with Crippen LogP contribution >= 0.6 is 15.9 Å². The number of nitrogens with zero attached hydrogens (tertiary/aromatic N) is 1.